The summed E-state index contributed by atoms with van der Waals surface area (Å²) in [6.45, 7) is 6.87. The zero-order chi connectivity index (χ0) is 11.8. The van der Waals surface area contributed by atoms with Crippen LogP contribution in [0.1, 0.15) is 31.9 Å². The van der Waals surface area contributed by atoms with E-state index in [4.69, 9.17) is 0 Å². The van der Waals surface area contributed by atoms with Crippen molar-refractivity contribution in [1.82, 2.24) is 15.1 Å². The Bertz CT molecular complexity index is 360. The number of rotatable bonds is 7. The molecule has 4 nitrogen and oxygen atoms in total. The van der Waals surface area contributed by atoms with E-state index in [1.54, 1.807) is 16.8 Å². The fraction of sp³-hybridized carbons (Fsp3) is 0.667. The molecule has 0 saturated heterocycles. The summed E-state index contributed by atoms with van der Waals surface area (Å²) in [5, 5.41) is 7.53. The van der Waals surface area contributed by atoms with Crippen LogP contribution in [-0.2, 0) is 6.54 Å². The van der Waals surface area contributed by atoms with Crippen molar-refractivity contribution >= 4 is 0 Å². The van der Waals surface area contributed by atoms with E-state index in [-0.39, 0.29) is 5.56 Å². The molecule has 16 heavy (non-hydrogen) atoms. The fourth-order valence-corrected chi connectivity index (χ4v) is 1.52. The molecule has 0 aliphatic carbocycles. The summed E-state index contributed by atoms with van der Waals surface area (Å²) in [7, 11) is 0. The Morgan fingerprint density at radius 1 is 1.31 bits per heavy atom. The van der Waals surface area contributed by atoms with E-state index in [9.17, 15) is 4.79 Å². The van der Waals surface area contributed by atoms with Crippen molar-refractivity contribution in [2.75, 3.05) is 13.1 Å². The van der Waals surface area contributed by atoms with Gasteiger partial charge >= 0.3 is 0 Å². The summed E-state index contributed by atoms with van der Waals surface area (Å²) in [5.41, 5.74) is 0.885. The van der Waals surface area contributed by atoms with E-state index in [1.165, 1.54) is 6.42 Å². The number of hydrogen-bond acceptors (Lipinski definition) is 3. The molecule has 0 aliphatic rings. The van der Waals surface area contributed by atoms with Crippen molar-refractivity contribution in [2.45, 2.75) is 39.7 Å². The van der Waals surface area contributed by atoms with Gasteiger partial charge in [0.05, 0.1) is 5.69 Å². The van der Waals surface area contributed by atoms with Gasteiger partial charge in [-0.05, 0) is 45.3 Å². The minimum absolute atomic E-state index is 0.00730. The molecule has 1 rings (SSSR count). The van der Waals surface area contributed by atoms with Crippen LogP contribution < -0.4 is 10.9 Å². The van der Waals surface area contributed by atoms with Crippen LogP contribution in [0.15, 0.2) is 16.9 Å². The first-order chi connectivity index (χ1) is 7.74. The van der Waals surface area contributed by atoms with Crippen molar-refractivity contribution in [3.8, 4) is 0 Å². The minimum atomic E-state index is -0.00730. The number of aromatic nitrogens is 2. The predicted molar refractivity (Wildman–Crippen MR) is 65.6 cm³/mol. The maximum atomic E-state index is 11.4. The minimum Gasteiger partial charge on any atom is -0.317 e. The summed E-state index contributed by atoms with van der Waals surface area (Å²) in [6.07, 6.45) is 3.24. The maximum Gasteiger partial charge on any atom is 0.266 e. The Kier molecular flexibility index (Phi) is 5.78. The summed E-state index contributed by atoms with van der Waals surface area (Å²) < 4.78 is 1.55. The molecule has 4 heteroatoms. The molecule has 0 spiro atoms. The quantitative estimate of drug-likeness (QED) is 0.709. The average molecular weight is 223 g/mol. The third kappa shape index (κ3) is 4.57. The zero-order valence-electron chi connectivity index (χ0n) is 10.2. The third-order valence-electron chi connectivity index (χ3n) is 2.40. The second kappa shape index (κ2) is 7.17. The SMILES string of the molecule is CCCNCCCCn1nc(C)ccc1=O. The van der Waals surface area contributed by atoms with Gasteiger partial charge in [0.25, 0.3) is 5.56 Å². The largest absolute Gasteiger partial charge is 0.317 e. The second-order valence-electron chi connectivity index (χ2n) is 3.99. The van der Waals surface area contributed by atoms with Crippen LogP contribution in [0.4, 0.5) is 0 Å². The van der Waals surface area contributed by atoms with Crippen molar-refractivity contribution in [2.24, 2.45) is 0 Å². The van der Waals surface area contributed by atoms with Crippen molar-refractivity contribution < 1.29 is 0 Å². The number of hydrogen-bond donors (Lipinski definition) is 1. The first kappa shape index (κ1) is 12.9. The number of unbranched alkanes of at least 4 members (excludes halogenated alkanes) is 1. The highest BCUT2D eigenvalue weighted by Crippen LogP contribution is 1.92. The summed E-state index contributed by atoms with van der Waals surface area (Å²) in [5.74, 6) is 0. The standard InChI is InChI=1S/C12H21N3O/c1-3-8-13-9-4-5-10-15-12(16)7-6-11(2)14-15/h6-7,13H,3-5,8-10H2,1-2H3. The van der Waals surface area contributed by atoms with Crippen molar-refractivity contribution in [3.63, 3.8) is 0 Å². The van der Waals surface area contributed by atoms with Gasteiger partial charge in [0.1, 0.15) is 0 Å². The normalized spacial score (nSPS) is 10.6. The number of nitrogens with one attached hydrogen (secondary N) is 1. The molecule has 0 aromatic carbocycles. The molecule has 0 aliphatic heterocycles. The van der Waals surface area contributed by atoms with E-state index in [1.807, 2.05) is 6.92 Å². The van der Waals surface area contributed by atoms with Crippen molar-refractivity contribution in [3.05, 3.63) is 28.2 Å². The Morgan fingerprint density at radius 3 is 2.88 bits per heavy atom. The first-order valence-electron chi connectivity index (χ1n) is 5.99. The molecule has 0 atom stereocenters. The lowest BCUT2D eigenvalue weighted by molar-refractivity contribution is 0.511. The van der Waals surface area contributed by atoms with Crippen molar-refractivity contribution in [1.29, 1.82) is 0 Å². The third-order valence-corrected chi connectivity index (χ3v) is 2.40. The molecule has 1 aromatic heterocycles. The predicted octanol–water partition coefficient (Wildman–Crippen LogP) is 1.33. The lowest BCUT2D eigenvalue weighted by Crippen LogP contribution is -2.23. The van der Waals surface area contributed by atoms with Crippen LogP contribution in [0.3, 0.4) is 0 Å². The van der Waals surface area contributed by atoms with E-state index in [0.717, 1.165) is 31.6 Å². The second-order valence-corrected chi connectivity index (χ2v) is 3.99. The number of nitrogens with zero attached hydrogens (tertiary/aromatic N) is 2. The van der Waals surface area contributed by atoms with Crippen LogP contribution in [-0.4, -0.2) is 22.9 Å². The van der Waals surface area contributed by atoms with Gasteiger partial charge in [0.15, 0.2) is 0 Å². The summed E-state index contributed by atoms with van der Waals surface area (Å²) in [4.78, 5) is 11.4. The Balaban J connectivity index is 2.26. The average Bonchev–Trinajstić information content (AvgIpc) is 2.28. The van der Waals surface area contributed by atoms with Crippen LogP contribution in [0.5, 0.6) is 0 Å². The molecular formula is C12H21N3O. The zero-order valence-corrected chi connectivity index (χ0v) is 10.2. The van der Waals surface area contributed by atoms with Gasteiger partial charge in [0, 0.05) is 12.6 Å². The van der Waals surface area contributed by atoms with Crippen LogP contribution in [0.25, 0.3) is 0 Å². The highest BCUT2D eigenvalue weighted by Gasteiger charge is 1.97. The van der Waals surface area contributed by atoms with E-state index in [0.29, 0.717) is 6.54 Å². The van der Waals surface area contributed by atoms with Gasteiger partial charge in [-0.3, -0.25) is 4.79 Å². The van der Waals surface area contributed by atoms with Gasteiger partial charge < -0.3 is 5.32 Å². The molecule has 0 fully saturated rings. The van der Waals surface area contributed by atoms with Gasteiger partial charge in [-0.1, -0.05) is 6.92 Å². The maximum absolute atomic E-state index is 11.4. The molecular weight excluding hydrogens is 202 g/mol. The molecule has 1 aromatic rings. The van der Waals surface area contributed by atoms with Gasteiger partial charge in [-0.25, -0.2) is 4.68 Å². The summed E-state index contributed by atoms with van der Waals surface area (Å²) in [6, 6.07) is 3.33. The van der Waals surface area contributed by atoms with Crippen LogP contribution in [0, 0.1) is 6.92 Å². The topological polar surface area (TPSA) is 46.9 Å². The smallest absolute Gasteiger partial charge is 0.266 e. The molecule has 0 amide bonds. The van der Waals surface area contributed by atoms with Crippen LogP contribution in [0.2, 0.25) is 0 Å². The Hall–Kier alpha value is -1.16. The molecule has 0 bridgehead atoms. The molecule has 0 saturated carbocycles. The molecule has 90 valence electrons. The molecule has 0 unspecified atom stereocenters. The molecule has 1 N–H and O–H groups in total. The van der Waals surface area contributed by atoms with Gasteiger partial charge in [0.2, 0.25) is 0 Å². The van der Waals surface area contributed by atoms with Gasteiger partial charge in [-0.2, -0.15) is 5.10 Å². The van der Waals surface area contributed by atoms with E-state index >= 15 is 0 Å². The highest BCUT2D eigenvalue weighted by molar-refractivity contribution is 4.96. The number of aryl methyl sites for hydroxylation is 2. The lowest BCUT2D eigenvalue weighted by atomic mass is 10.3. The summed E-state index contributed by atoms with van der Waals surface area (Å²) >= 11 is 0. The molecule has 0 radical (unpaired) electrons. The lowest BCUT2D eigenvalue weighted by Gasteiger charge is -2.05. The monoisotopic (exact) mass is 223 g/mol. The van der Waals surface area contributed by atoms with E-state index < -0.39 is 0 Å². The van der Waals surface area contributed by atoms with Gasteiger partial charge in [-0.15, -0.1) is 0 Å². The molecule has 1 heterocycles. The Morgan fingerprint density at radius 2 is 2.12 bits per heavy atom. The van der Waals surface area contributed by atoms with Crippen LogP contribution >= 0.6 is 0 Å². The van der Waals surface area contributed by atoms with E-state index in [2.05, 4.69) is 17.3 Å². The highest BCUT2D eigenvalue weighted by atomic mass is 16.1. The first-order valence-corrected chi connectivity index (χ1v) is 5.99. The fourth-order valence-electron chi connectivity index (χ4n) is 1.52. The Labute approximate surface area is 96.7 Å².